The fraction of sp³-hybridized carbons (Fsp3) is 0.556. The van der Waals surface area contributed by atoms with Crippen LogP contribution in [0.1, 0.15) is 49.1 Å². The van der Waals surface area contributed by atoms with Crippen molar-refractivity contribution in [1.29, 1.82) is 0 Å². The predicted octanol–water partition coefficient (Wildman–Crippen LogP) is 2.55. The van der Waals surface area contributed by atoms with Gasteiger partial charge in [-0.3, -0.25) is 9.59 Å². The van der Waals surface area contributed by atoms with E-state index in [1.54, 1.807) is 12.0 Å². The van der Waals surface area contributed by atoms with Crippen molar-refractivity contribution in [3.8, 4) is 0 Å². The molecule has 1 aromatic carbocycles. The summed E-state index contributed by atoms with van der Waals surface area (Å²) in [4.78, 5) is 26.4. The summed E-state index contributed by atoms with van der Waals surface area (Å²) in [5, 5.41) is 9.55. The van der Waals surface area contributed by atoms with E-state index in [2.05, 4.69) is 0 Å². The van der Waals surface area contributed by atoms with E-state index < -0.39 is 17.5 Å². The van der Waals surface area contributed by atoms with Crippen molar-refractivity contribution >= 4 is 11.9 Å². The smallest absolute Gasteiger partial charge is 0.312 e. The molecule has 1 saturated carbocycles. The Labute approximate surface area is 136 Å². The normalized spacial score (nSPS) is 23.2. The lowest BCUT2D eigenvalue weighted by Gasteiger charge is -2.41. The zero-order valence-corrected chi connectivity index (χ0v) is 13.5. The van der Waals surface area contributed by atoms with E-state index in [1.165, 1.54) is 0 Å². The average Bonchev–Trinajstić information content (AvgIpc) is 2.60. The number of nitrogens with zero attached hydrogens (tertiary/aromatic N) is 1. The van der Waals surface area contributed by atoms with Crippen LogP contribution in [0, 0.1) is 0 Å². The summed E-state index contributed by atoms with van der Waals surface area (Å²) in [6.45, 7) is 0.681. The number of carboxylic acids is 1. The molecule has 1 atom stereocenters. The lowest BCUT2D eigenvalue weighted by atomic mass is 9.82. The van der Waals surface area contributed by atoms with Gasteiger partial charge >= 0.3 is 5.97 Å². The van der Waals surface area contributed by atoms with Crippen LogP contribution in [-0.4, -0.2) is 41.1 Å². The van der Waals surface area contributed by atoms with E-state index in [0.29, 0.717) is 6.54 Å². The molecule has 1 aliphatic carbocycles. The molecular weight excluding hydrogens is 294 g/mol. The van der Waals surface area contributed by atoms with Crippen LogP contribution < -0.4 is 0 Å². The molecule has 2 aliphatic rings. The fourth-order valence-electron chi connectivity index (χ4n) is 3.89. The minimum Gasteiger partial charge on any atom is -0.481 e. The van der Waals surface area contributed by atoms with Gasteiger partial charge in [-0.2, -0.15) is 0 Å². The molecule has 5 nitrogen and oxygen atoms in total. The highest BCUT2D eigenvalue weighted by molar-refractivity contribution is 5.87. The molecule has 1 N–H and O–H groups in total. The number of fused-ring (bicyclic) bond motifs is 1. The first-order chi connectivity index (χ1) is 11.1. The zero-order valence-electron chi connectivity index (χ0n) is 13.5. The number of ether oxygens (including phenoxy) is 1. The minimum atomic E-state index is -0.884. The topological polar surface area (TPSA) is 66.8 Å². The van der Waals surface area contributed by atoms with E-state index in [0.717, 1.165) is 43.2 Å². The van der Waals surface area contributed by atoms with Gasteiger partial charge < -0.3 is 14.7 Å². The Morgan fingerprint density at radius 3 is 2.57 bits per heavy atom. The van der Waals surface area contributed by atoms with E-state index in [1.807, 2.05) is 24.3 Å². The number of hydrogen-bond donors (Lipinski definition) is 1. The molecule has 1 amide bonds. The van der Waals surface area contributed by atoms with Crippen LogP contribution in [0.15, 0.2) is 24.3 Å². The largest absolute Gasteiger partial charge is 0.481 e. The van der Waals surface area contributed by atoms with Crippen molar-refractivity contribution in [2.75, 3.05) is 13.7 Å². The second-order valence-corrected chi connectivity index (χ2v) is 6.53. The maximum Gasteiger partial charge on any atom is 0.312 e. The summed E-state index contributed by atoms with van der Waals surface area (Å²) in [5.74, 6) is -1.60. The number of benzene rings is 1. The highest BCUT2D eigenvalue weighted by Crippen LogP contribution is 2.36. The van der Waals surface area contributed by atoms with Gasteiger partial charge in [0.15, 0.2) is 0 Å². The number of methoxy groups -OCH3 is 1. The molecule has 0 radical (unpaired) electrons. The highest BCUT2D eigenvalue weighted by atomic mass is 16.5. The molecule has 0 aromatic heterocycles. The standard InChI is InChI=1S/C18H23NO4/c1-23-18(9-5-2-6-10-18)17(22)19-11-13-7-3-4-8-14(13)15(12-19)16(20)21/h3-4,7-8,15H,2,5-6,9-12H2,1H3,(H,20,21). The van der Waals surface area contributed by atoms with Gasteiger partial charge in [-0.15, -0.1) is 0 Å². The number of rotatable bonds is 3. The number of carbonyl (C=O) groups excluding carboxylic acids is 1. The Balaban J connectivity index is 1.89. The predicted molar refractivity (Wildman–Crippen MR) is 85.1 cm³/mol. The average molecular weight is 317 g/mol. The zero-order chi connectivity index (χ0) is 16.4. The van der Waals surface area contributed by atoms with Crippen LogP contribution in [0.2, 0.25) is 0 Å². The molecule has 1 aliphatic heterocycles. The van der Waals surface area contributed by atoms with E-state index >= 15 is 0 Å². The SMILES string of the molecule is COC1(C(=O)N2Cc3ccccc3C(C(=O)O)C2)CCCCC1. The quantitative estimate of drug-likeness (QED) is 0.930. The molecule has 1 unspecified atom stereocenters. The Bertz CT molecular complexity index is 607. The van der Waals surface area contributed by atoms with Gasteiger partial charge in [0, 0.05) is 20.2 Å². The van der Waals surface area contributed by atoms with Crippen molar-refractivity contribution < 1.29 is 19.4 Å². The van der Waals surface area contributed by atoms with Crippen molar-refractivity contribution in [1.82, 2.24) is 4.90 Å². The molecule has 0 saturated heterocycles. The van der Waals surface area contributed by atoms with Crippen molar-refractivity contribution in [3.05, 3.63) is 35.4 Å². The summed E-state index contributed by atoms with van der Waals surface area (Å²) >= 11 is 0. The third kappa shape index (κ3) is 2.85. The number of hydrogen-bond acceptors (Lipinski definition) is 3. The number of amides is 1. The molecule has 1 heterocycles. The monoisotopic (exact) mass is 317 g/mol. The Kier molecular flexibility index (Phi) is 4.39. The molecule has 1 fully saturated rings. The van der Waals surface area contributed by atoms with Crippen molar-refractivity contribution in [3.63, 3.8) is 0 Å². The Morgan fingerprint density at radius 2 is 1.91 bits per heavy atom. The summed E-state index contributed by atoms with van der Waals surface area (Å²) in [6.07, 6.45) is 4.52. The van der Waals surface area contributed by atoms with Crippen LogP contribution in [-0.2, 0) is 20.9 Å². The molecule has 124 valence electrons. The summed E-state index contributed by atoms with van der Waals surface area (Å²) in [6, 6.07) is 7.50. The first kappa shape index (κ1) is 16.0. The second-order valence-electron chi connectivity index (χ2n) is 6.53. The van der Waals surface area contributed by atoms with Crippen LogP contribution in [0.25, 0.3) is 0 Å². The van der Waals surface area contributed by atoms with E-state index in [9.17, 15) is 14.7 Å². The molecule has 0 spiro atoms. The van der Waals surface area contributed by atoms with Crippen LogP contribution >= 0.6 is 0 Å². The van der Waals surface area contributed by atoms with Gasteiger partial charge in [0.25, 0.3) is 5.91 Å². The van der Waals surface area contributed by atoms with E-state index in [4.69, 9.17) is 4.74 Å². The molecule has 5 heteroatoms. The molecule has 1 aromatic rings. The summed E-state index contributed by atoms with van der Waals surface area (Å²) < 4.78 is 5.64. The van der Waals surface area contributed by atoms with Gasteiger partial charge in [-0.1, -0.05) is 43.5 Å². The van der Waals surface area contributed by atoms with Gasteiger partial charge in [0.1, 0.15) is 5.60 Å². The number of carbonyl (C=O) groups is 2. The summed E-state index contributed by atoms with van der Waals surface area (Å²) in [7, 11) is 1.59. The minimum absolute atomic E-state index is 0.0551. The van der Waals surface area contributed by atoms with Crippen LogP contribution in [0.5, 0.6) is 0 Å². The molecule has 0 bridgehead atoms. The van der Waals surface area contributed by atoms with E-state index in [-0.39, 0.29) is 12.5 Å². The van der Waals surface area contributed by atoms with Crippen molar-refractivity contribution in [2.45, 2.75) is 50.2 Å². The third-order valence-corrected chi connectivity index (χ3v) is 5.22. The van der Waals surface area contributed by atoms with Gasteiger partial charge in [-0.05, 0) is 24.0 Å². The number of carboxylic acid groups (broad SMARTS) is 1. The van der Waals surface area contributed by atoms with Crippen LogP contribution in [0.3, 0.4) is 0 Å². The van der Waals surface area contributed by atoms with Crippen LogP contribution in [0.4, 0.5) is 0 Å². The first-order valence-electron chi connectivity index (χ1n) is 8.22. The maximum absolute atomic E-state index is 13.1. The fourth-order valence-corrected chi connectivity index (χ4v) is 3.89. The lowest BCUT2D eigenvalue weighted by Crippen LogP contribution is -2.53. The second kappa shape index (κ2) is 6.32. The number of aliphatic carboxylic acids is 1. The molecule has 3 rings (SSSR count). The Hall–Kier alpha value is -1.88. The molecular formula is C18H23NO4. The first-order valence-corrected chi connectivity index (χ1v) is 8.22. The maximum atomic E-state index is 13.1. The molecule has 23 heavy (non-hydrogen) atoms. The lowest BCUT2D eigenvalue weighted by molar-refractivity contribution is -0.161. The van der Waals surface area contributed by atoms with Gasteiger partial charge in [-0.25, -0.2) is 0 Å². The highest BCUT2D eigenvalue weighted by Gasteiger charge is 2.44. The summed E-state index contributed by atoms with van der Waals surface area (Å²) in [5.41, 5.74) is 0.967. The Morgan fingerprint density at radius 1 is 1.22 bits per heavy atom. The van der Waals surface area contributed by atoms with Gasteiger partial charge in [0.05, 0.1) is 5.92 Å². The van der Waals surface area contributed by atoms with Gasteiger partial charge in [0.2, 0.25) is 0 Å². The third-order valence-electron chi connectivity index (χ3n) is 5.22. The van der Waals surface area contributed by atoms with Crippen molar-refractivity contribution in [2.24, 2.45) is 0 Å².